The molecule has 0 aromatic carbocycles. The van der Waals surface area contributed by atoms with Gasteiger partial charge in [0, 0.05) is 0 Å². The highest BCUT2D eigenvalue weighted by Crippen LogP contribution is 2.42. The molecule has 0 aromatic heterocycles. The monoisotopic (exact) mass is 242 g/mol. The normalized spacial score (nSPS) is 43.3. The number of alkyl halides is 1. The zero-order valence-corrected chi connectivity index (χ0v) is 10.6. The summed E-state index contributed by atoms with van der Waals surface area (Å²) in [4.78, 5) is 10.9. The molecule has 0 spiro atoms. The zero-order chi connectivity index (χ0) is 12.4. The van der Waals surface area contributed by atoms with Crippen molar-refractivity contribution in [3.8, 4) is 0 Å². The average molecular weight is 242 g/mol. The average Bonchev–Trinajstić information content (AvgIpc) is 2.29. The van der Waals surface area contributed by atoms with Crippen LogP contribution in [-0.2, 0) is 4.79 Å². The van der Waals surface area contributed by atoms with Crippen molar-refractivity contribution >= 4 is 5.97 Å². The van der Waals surface area contributed by atoms with Crippen LogP contribution in [0.15, 0.2) is 0 Å². The molecule has 0 bridgehead atoms. The van der Waals surface area contributed by atoms with Gasteiger partial charge in [-0.1, -0.05) is 13.3 Å². The summed E-state index contributed by atoms with van der Waals surface area (Å²) in [6.45, 7) is 2.13. The highest BCUT2D eigenvalue weighted by Gasteiger charge is 2.37. The molecule has 0 aliphatic heterocycles. The van der Waals surface area contributed by atoms with Gasteiger partial charge in [-0.05, 0) is 56.3 Å². The van der Waals surface area contributed by atoms with E-state index in [0.717, 1.165) is 38.5 Å². The van der Waals surface area contributed by atoms with Crippen molar-refractivity contribution in [3.63, 3.8) is 0 Å². The van der Waals surface area contributed by atoms with Crippen molar-refractivity contribution in [3.05, 3.63) is 0 Å². The smallest absolute Gasteiger partial charge is 0.306 e. The summed E-state index contributed by atoms with van der Waals surface area (Å²) in [5.74, 6) is 0.329. The van der Waals surface area contributed by atoms with Crippen LogP contribution in [0.4, 0.5) is 4.39 Å². The third kappa shape index (κ3) is 2.99. The van der Waals surface area contributed by atoms with Gasteiger partial charge in [-0.3, -0.25) is 4.79 Å². The van der Waals surface area contributed by atoms with Gasteiger partial charge >= 0.3 is 5.97 Å². The first-order valence-electron chi connectivity index (χ1n) is 6.94. The van der Waals surface area contributed by atoms with E-state index in [-0.39, 0.29) is 11.8 Å². The summed E-state index contributed by atoms with van der Waals surface area (Å²) in [7, 11) is 0. The minimum atomic E-state index is -0.669. The molecule has 3 unspecified atom stereocenters. The summed E-state index contributed by atoms with van der Waals surface area (Å²) in [5, 5.41) is 8.95. The third-order valence-electron chi connectivity index (χ3n) is 4.81. The van der Waals surface area contributed by atoms with Gasteiger partial charge in [0.05, 0.1) is 5.92 Å². The molecule has 1 N–H and O–H groups in total. The summed E-state index contributed by atoms with van der Waals surface area (Å²) in [6.07, 6.45) is 5.54. The second-order valence-electron chi connectivity index (χ2n) is 6.05. The van der Waals surface area contributed by atoms with E-state index >= 15 is 0 Å². The largest absolute Gasteiger partial charge is 0.481 e. The van der Waals surface area contributed by atoms with Gasteiger partial charge in [0.2, 0.25) is 0 Å². The van der Waals surface area contributed by atoms with Crippen molar-refractivity contribution in [2.24, 2.45) is 23.7 Å². The van der Waals surface area contributed by atoms with E-state index in [1.165, 1.54) is 0 Å². The maximum atomic E-state index is 14.0. The molecule has 2 saturated carbocycles. The molecule has 0 heterocycles. The lowest BCUT2D eigenvalue weighted by atomic mass is 9.68. The highest BCUT2D eigenvalue weighted by molar-refractivity contribution is 5.69. The summed E-state index contributed by atoms with van der Waals surface area (Å²) in [5.41, 5.74) is 0. The number of aliphatic carboxylic acids is 1. The molecule has 0 radical (unpaired) electrons. The first-order valence-corrected chi connectivity index (χ1v) is 6.94. The molecule has 17 heavy (non-hydrogen) atoms. The van der Waals surface area contributed by atoms with E-state index in [1.54, 1.807) is 0 Å². The van der Waals surface area contributed by atoms with Crippen molar-refractivity contribution in [1.82, 2.24) is 0 Å². The van der Waals surface area contributed by atoms with Gasteiger partial charge in [0.15, 0.2) is 0 Å². The Balaban J connectivity index is 1.86. The molecule has 0 amide bonds. The molecular weight excluding hydrogens is 219 g/mol. The van der Waals surface area contributed by atoms with Crippen LogP contribution in [0, 0.1) is 23.7 Å². The Morgan fingerprint density at radius 3 is 2.29 bits per heavy atom. The Hall–Kier alpha value is -0.600. The minimum absolute atomic E-state index is 0.174. The summed E-state index contributed by atoms with van der Waals surface area (Å²) < 4.78 is 14.0. The van der Waals surface area contributed by atoms with Crippen LogP contribution >= 0.6 is 0 Å². The van der Waals surface area contributed by atoms with Crippen molar-refractivity contribution < 1.29 is 14.3 Å². The standard InChI is InChI=1S/C14H23FO2/c1-9-2-7-12(13(15)8-9)10-3-5-11(6-4-10)14(16)17/h9-13H,2-8H2,1H3,(H,16,17). The van der Waals surface area contributed by atoms with Gasteiger partial charge in [-0.2, -0.15) is 0 Å². The molecule has 2 nitrogen and oxygen atoms in total. The lowest BCUT2D eigenvalue weighted by molar-refractivity contribution is -0.143. The topological polar surface area (TPSA) is 37.3 Å². The Kier molecular flexibility index (Phi) is 4.05. The van der Waals surface area contributed by atoms with Crippen LogP contribution in [0.1, 0.15) is 51.9 Å². The van der Waals surface area contributed by atoms with Crippen LogP contribution in [-0.4, -0.2) is 17.2 Å². The Bertz CT molecular complexity index is 271. The van der Waals surface area contributed by atoms with Crippen LogP contribution in [0.2, 0.25) is 0 Å². The number of hydrogen-bond donors (Lipinski definition) is 1. The molecule has 0 aromatic rings. The van der Waals surface area contributed by atoms with Crippen LogP contribution in [0.5, 0.6) is 0 Å². The van der Waals surface area contributed by atoms with E-state index < -0.39 is 12.1 Å². The van der Waals surface area contributed by atoms with Gasteiger partial charge in [0.1, 0.15) is 6.17 Å². The number of rotatable bonds is 2. The second-order valence-corrected chi connectivity index (χ2v) is 6.05. The molecule has 2 aliphatic carbocycles. The SMILES string of the molecule is CC1CCC(C2CCC(C(=O)O)CC2)C(F)C1. The molecule has 2 fully saturated rings. The van der Waals surface area contributed by atoms with Crippen LogP contribution in [0.3, 0.4) is 0 Å². The fourth-order valence-electron chi connectivity index (χ4n) is 3.66. The highest BCUT2D eigenvalue weighted by atomic mass is 19.1. The number of carboxylic acids is 1. The van der Waals surface area contributed by atoms with E-state index in [4.69, 9.17) is 5.11 Å². The molecule has 98 valence electrons. The van der Waals surface area contributed by atoms with Crippen LogP contribution < -0.4 is 0 Å². The van der Waals surface area contributed by atoms with E-state index in [0.29, 0.717) is 18.3 Å². The lowest BCUT2D eigenvalue weighted by Crippen LogP contribution is -2.34. The predicted molar refractivity (Wildman–Crippen MR) is 64.5 cm³/mol. The Labute approximate surface area is 103 Å². The molecule has 0 saturated heterocycles. The number of hydrogen-bond acceptors (Lipinski definition) is 1. The van der Waals surface area contributed by atoms with E-state index in [1.807, 2.05) is 0 Å². The molecular formula is C14H23FO2. The van der Waals surface area contributed by atoms with E-state index in [2.05, 4.69) is 6.92 Å². The quantitative estimate of drug-likeness (QED) is 0.802. The lowest BCUT2D eigenvalue weighted by Gasteiger charge is -2.38. The van der Waals surface area contributed by atoms with Crippen molar-refractivity contribution in [2.45, 2.75) is 58.0 Å². The van der Waals surface area contributed by atoms with Crippen molar-refractivity contribution in [2.75, 3.05) is 0 Å². The number of carbonyl (C=O) groups is 1. The molecule has 3 heteroatoms. The second kappa shape index (κ2) is 5.36. The van der Waals surface area contributed by atoms with Crippen LogP contribution in [0.25, 0.3) is 0 Å². The Morgan fingerprint density at radius 2 is 1.76 bits per heavy atom. The molecule has 2 rings (SSSR count). The molecule has 3 atom stereocenters. The zero-order valence-electron chi connectivity index (χ0n) is 10.6. The number of carboxylic acid groups (broad SMARTS) is 1. The fraction of sp³-hybridized carbons (Fsp3) is 0.929. The summed E-state index contributed by atoms with van der Waals surface area (Å²) >= 11 is 0. The Morgan fingerprint density at radius 1 is 1.12 bits per heavy atom. The minimum Gasteiger partial charge on any atom is -0.481 e. The van der Waals surface area contributed by atoms with Gasteiger partial charge in [-0.15, -0.1) is 0 Å². The maximum Gasteiger partial charge on any atom is 0.306 e. The number of halogens is 1. The van der Waals surface area contributed by atoms with E-state index in [9.17, 15) is 9.18 Å². The third-order valence-corrected chi connectivity index (χ3v) is 4.81. The fourth-order valence-corrected chi connectivity index (χ4v) is 3.66. The summed E-state index contributed by atoms with van der Waals surface area (Å²) in [6, 6.07) is 0. The first-order chi connectivity index (χ1) is 8.08. The first kappa shape index (κ1) is 12.8. The van der Waals surface area contributed by atoms with Gasteiger partial charge in [-0.25, -0.2) is 4.39 Å². The van der Waals surface area contributed by atoms with Gasteiger partial charge in [0.25, 0.3) is 0 Å². The van der Waals surface area contributed by atoms with Gasteiger partial charge < -0.3 is 5.11 Å². The van der Waals surface area contributed by atoms with Crippen molar-refractivity contribution in [1.29, 1.82) is 0 Å². The predicted octanol–water partition coefficient (Wildman–Crippen LogP) is 3.65. The molecule has 2 aliphatic rings. The maximum absolute atomic E-state index is 14.0.